The Morgan fingerprint density at radius 2 is 1.27 bits per heavy atom. The number of nitrogens with one attached hydrogen (secondary N) is 1. The van der Waals surface area contributed by atoms with Crippen molar-refractivity contribution >= 4 is 0 Å². The van der Waals surface area contributed by atoms with Crippen LogP contribution in [-0.2, 0) is 0 Å². The Morgan fingerprint density at radius 1 is 0.682 bits per heavy atom. The van der Waals surface area contributed by atoms with E-state index in [0.717, 1.165) is 12.7 Å². The Labute approximate surface area is 138 Å². The predicted octanol–water partition coefficient (Wildman–Crippen LogP) is 5.25. The summed E-state index contributed by atoms with van der Waals surface area (Å²) in [5.74, 6) is 0. The molecule has 0 amide bonds. The summed E-state index contributed by atoms with van der Waals surface area (Å²) in [6, 6.07) is 0.829. The third kappa shape index (κ3) is 7.78. The fourth-order valence-electron chi connectivity index (χ4n) is 3.94. The van der Waals surface area contributed by atoms with E-state index < -0.39 is 0 Å². The molecule has 2 aliphatic rings. The van der Waals surface area contributed by atoms with Gasteiger partial charge in [-0.2, -0.15) is 0 Å². The normalized spacial score (nSPS) is 27.5. The molecule has 0 unspecified atom stereocenters. The van der Waals surface area contributed by atoms with Crippen LogP contribution in [0, 0.1) is 0 Å². The molecule has 128 valence electrons. The molecule has 0 radical (unpaired) electrons. The molecule has 1 N–H and O–H groups in total. The highest BCUT2D eigenvalue weighted by Gasteiger charge is 2.17. The molecule has 1 fully saturated rings. The first kappa shape index (κ1) is 18.0. The molecule has 0 aromatic carbocycles. The molecule has 0 aromatic heterocycles. The van der Waals surface area contributed by atoms with Crippen molar-refractivity contribution in [3.8, 4) is 0 Å². The lowest BCUT2D eigenvalue weighted by molar-refractivity contribution is 0.157. The standard InChI is InChI=1S/C20H38N2/c1-2-4-8-12-16-20(15-11-7-3-1)22-18-14-10-6-5-9-13-17-21-19-22/h5-6,20-21H,1-4,7-19H2/b6-5-. The summed E-state index contributed by atoms with van der Waals surface area (Å²) in [6.45, 7) is 3.57. The van der Waals surface area contributed by atoms with E-state index in [2.05, 4.69) is 22.4 Å². The molecule has 2 rings (SSSR count). The van der Waals surface area contributed by atoms with Gasteiger partial charge in [-0.15, -0.1) is 0 Å². The van der Waals surface area contributed by atoms with Crippen LogP contribution in [0.25, 0.3) is 0 Å². The summed E-state index contributed by atoms with van der Waals surface area (Å²) in [5.41, 5.74) is 0. The number of rotatable bonds is 1. The quantitative estimate of drug-likeness (QED) is 0.666. The maximum atomic E-state index is 3.70. The highest BCUT2D eigenvalue weighted by molar-refractivity contribution is 4.83. The molecule has 1 saturated carbocycles. The van der Waals surface area contributed by atoms with Gasteiger partial charge in [-0.1, -0.05) is 63.5 Å². The highest BCUT2D eigenvalue weighted by Crippen LogP contribution is 2.21. The third-order valence-electron chi connectivity index (χ3n) is 5.36. The number of allylic oxidation sites excluding steroid dienone is 2. The molecule has 0 atom stereocenters. The highest BCUT2D eigenvalue weighted by atomic mass is 15.2. The first-order chi connectivity index (χ1) is 11.0. The lowest BCUT2D eigenvalue weighted by Gasteiger charge is -2.32. The van der Waals surface area contributed by atoms with Crippen LogP contribution in [0.1, 0.15) is 89.9 Å². The average Bonchev–Trinajstić information content (AvgIpc) is 2.64. The van der Waals surface area contributed by atoms with Crippen molar-refractivity contribution in [1.82, 2.24) is 10.2 Å². The van der Waals surface area contributed by atoms with Crippen molar-refractivity contribution in [3.05, 3.63) is 12.2 Å². The minimum absolute atomic E-state index is 0.829. The van der Waals surface area contributed by atoms with Crippen molar-refractivity contribution in [2.24, 2.45) is 0 Å². The smallest absolute Gasteiger partial charge is 0.0483 e. The van der Waals surface area contributed by atoms with Gasteiger partial charge in [-0.25, -0.2) is 0 Å². The lowest BCUT2D eigenvalue weighted by atomic mass is 10.0. The van der Waals surface area contributed by atoms with E-state index in [4.69, 9.17) is 0 Å². The SMILES string of the molecule is C1=C\CCCN(C2CCCCCCCCCC2)CNCCC/1. The van der Waals surface area contributed by atoms with Crippen molar-refractivity contribution in [3.63, 3.8) is 0 Å². The van der Waals surface area contributed by atoms with E-state index in [0.29, 0.717) is 0 Å². The number of hydrogen-bond acceptors (Lipinski definition) is 2. The van der Waals surface area contributed by atoms with Gasteiger partial charge in [0, 0.05) is 12.7 Å². The second-order valence-corrected chi connectivity index (χ2v) is 7.29. The van der Waals surface area contributed by atoms with E-state index in [1.807, 2.05) is 0 Å². The molecular weight excluding hydrogens is 268 g/mol. The Bertz CT molecular complexity index is 275. The summed E-state index contributed by atoms with van der Waals surface area (Å²) in [6.07, 6.45) is 24.5. The zero-order valence-electron chi connectivity index (χ0n) is 14.7. The Morgan fingerprint density at radius 3 is 1.95 bits per heavy atom. The van der Waals surface area contributed by atoms with Crippen LogP contribution in [0.15, 0.2) is 12.2 Å². The molecule has 22 heavy (non-hydrogen) atoms. The van der Waals surface area contributed by atoms with Crippen molar-refractivity contribution < 1.29 is 0 Å². The summed E-state index contributed by atoms with van der Waals surface area (Å²) < 4.78 is 0. The van der Waals surface area contributed by atoms with E-state index in [9.17, 15) is 0 Å². The van der Waals surface area contributed by atoms with Gasteiger partial charge in [0.2, 0.25) is 0 Å². The molecule has 2 heteroatoms. The van der Waals surface area contributed by atoms with Gasteiger partial charge >= 0.3 is 0 Å². The maximum Gasteiger partial charge on any atom is 0.0483 e. The zero-order chi connectivity index (χ0) is 15.3. The second-order valence-electron chi connectivity index (χ2n) is 7.29. The van der Waals surface area contributed by atoms with Crippen LogP contribution in [0.3, 0.4) is 0 Å². The van der Waals surface area contributed by atoms with Gasteiger partial charge < -0.3 is 5.32 Å². The first-order valence-corrected chi connectivity index (χ1v) is 10.1. The second kappa shape index (κ2) is 12.1. The van der Waals surface area contributed by atoms with Gasteiger partial charge in [-0.05, 0) is 51.6 Å². The Hall–Kier alpha value is -0.340. The minimum atomic E-state index is 0.829. The van der Waals surface area contributed by atoms with E-state index in [-0.39, 0.29) is 0 Å². The van der Waals surface area contributed by atoms with E-state index in [1.165, 1.54) is 103 Å². The van der Waals surface area contributed by atoms with Gasteiger partial charge in [0.15, 0.2) is 0 Å². The Kier molecular flexibility index (Phi) is 9.93. The number of nitrogens with zero attached hydrogens (tertiary/aromatic N) is 1. The minimum Gasteiger partial charge on any atom is -0.304 e. The molecule has 1 aliphatic heterocycles. The van der Waals surface area contributed by atoms with Crippen LogP contribution in [-0.4, -0.2) is 30.7 Å². The van der Waals surface area contributed by atoms with Crippen LogP contribution in [0.2, 0.25) is 0 Å². The number of hydrogen-bond donors (Lipinski definition) is 1. The van der Waals surface area contributed by atoms with Crippen LogP contribution >= 0.6 is 0 Å². The van der Waals surface area contributed by atoms with E-state index in [1.54, 1.807) is 0 Å². The molecule has 0 bridgehead atoms. The van der Waals surface area contributed by atoms with Crippen molar-refractivity contribution in [2.75, 3.05) is 19.8 Å². The first-order valence-electron chi connectivity index (χ1n) is 10.1. The third-order valence-corrected chi connectivity index (χ3v) is 5.36. The van der Waals surface area contributed by atoms with Gasteiger partial charge in [0.25, 0.3) is 0 Å². The van der Waals surface area contributed by atoms with Gasteiger partial charge in [0.1, 0.15) is 0 Å². The topological polar surface area (TPSA) is 15.3 Å². The predicted molar refractivity (Wildman–Crippen MR) is 97.1 cm³/mol. The van der Waals surface area contributed by atoms with Gasteiger partial charge in [-0.3, -0.25) is 4.90 Å². The van der Waals surface area contributed by atoms with Crippen molar-refractivity contribution in [1.29, 1.82) is 0 Å². The fraction of sp³-hybridized carbons (Fsp3) is 0.900. The summed E-state index contributed by atoms with van der Waals surface area (Å²) in [7, 11) is 0. The van der Waals surface area contributed by atoms with Crippen LogP contribution in [0.4, 0.5) is 0 Å². The molecule has 1 aliphatic carbocycles. The molecule has 2 nitrogen and oxygen atoms in total. The Balaban J connectivity index is 1.85. The van der Waals surface area contributed by atoms with Crippen molar-refractivity contribution in [2.45, 2.75) is 95.9 Å². The summed E-state index contributed by atoms with van der Waals surface area (Å²) in [5, 5.41) is 3.70. The largest absolute Gasteiger partial charge is 0.304 e. The average molecular weight is 307 g/mol. The summed E-state index contributed by atoms with van der Waals surface area (Å²) >= 11 is 0. The summed E-state index contributed by atoms with van der Waals surface area (Å²) in [4.78, 5) is 2.77. The lowest BCUT2D eigenvalue weighted by Crippen LogP contribution is -2.42. The van der Waals surface area contributed by atoms with Crippen LogP contribution < -0.4 is 5.32 Å². The van der Waals surface area contributed by atoms with Gasteiger partial charge in [0.05, 0.1) is 0 Å². The van der Waals surface area contributed by atoms with E-state index >= 15 is 0 Å². The monoisotopic (exact) mass is 306 g/mol. The molecular formula is C20H38N2. The van der Waals surface area contributed by atoms with Crippen LogP contribution in [0.5, 0.6) is 0 Å². The maximum absolute atomic E-state index is 3.70. The molecule has 0 aromatic rings. The molecule has 0 saturated heterocycles. The zero-order valence-corrected chi connectivity index (χ0v) is 14.7. The molecule has 0 spiro atoms. The molecule has 1 heterocycles. The fourth-order valence-corrected chi connectivity index (χ4v) is 3.94.